The molecule has 0 aliphatic heterocycles. The van der Waals surface area contributed by atoms with Crippen LogP contribution in [0.25, 0.3) is 11.1 Å². The summed E-state index contributed by atoms with van der Waals surface area (Å²) in [5, 5.41) is 6.53. The molecule has 0 aliphatic rings. The zero-order valence-electron chi connectivity index (χ0n) is 18.7. The van der Waals surface area contributed by atoms with Crippen molar-refractivity contribution in [3.05, 3.63) is 84.6 Å². The van der Waals surface area contributed by atoms with Crippen LogP contribution in [-0.4, -0.2) is 20.8 Å². The van der Waals surface area contributed by atoms with Crippen LogP contribution in [0.2, 0.25) is 0 Å². The minimum absolute atomic E-state index is 0.377. The summed E-state index contributed by atoms with van der Waals surface area (Å²) in [5.41, 5.74) is 10.1. The van der Waals surface area contributed by atoms with Gasteiger partial charge in [0.05, 0.1) is 17.2 Å². The van der Waals surface area contributed by atoms with Gasteiger partial charge in [0.25, 0.3) is 0 Å². The van der Waals surface area contributed by atoms with Crippen LogP contribution in [0.5, 0.6) is 5.75 Å². The van der Waals surface area contributed by atoms with E-state index in [2.05, 4.69) is 15.6 Å². The first-order valence-corrected chi connectivity index (χ1v) is 12.0. The molecule has 3 aromatic carbocycles. The number of aromatic nitrogens is 2. The lowest BCUT2D eigenvalue weighted by Gasteiger charge is -2.14. The SMILES string of the molecule is CCOc1ccc(-c2cnc(Nc3cccc([SH](=N)=O)c3)nc2NCc2cccc(N)c2)cc1. The number of nitrogens with one attached hydrogen (secondary N) is 3. The van der Waals surface area contributed by atoms with Crippen molar-refractivity contribution in [1.29, 1.82) is 4.78 Å². The van der Waals surface area contributed by atoms with Gasteiger partial charge in [-0.05, 0) is 60.5 Å². The summed E-state index contributed by atoms with van der Waals surface area (Å²) in [6.45, 7) is 3.08. The molecule has 4 aromatic rings. The number of nitrogens with zero attached hydrogens (tertiary/aromatic N) is 2. The van der Waals surface area contributed by atoms with Gasteiger partial charge < -0.3 is 21.1 Å². The predicted molar refractivity (Wildman–Crippen MR) is 137 cm³/mol. The van der Waals surface area contributed by atoms with Crippen molar-refractivity contribution in [2.75, 3.05) is 23.0 Å². The number of nitrogen functional groups attached to an aromatic ring is 1. The average molecular weight is 475 g/mol. The third-order valence-electron chi connectivity index (χ3n) is 5.01. The van der Waals surface area contributed by atoms with Crippen LogP contribution < -0.4 is 21.1 Å². The Hall–Kier alpha value is -4.11. The van der Waals surface area contributed by atoms with E-state index in [0.29, 0.717) is 41.2 Å². The van der Waals surface area contributed by atoms with E-state index in [9.17, 15) is 4.21 Å². The van der Waals surface area contributed by atoms with Gasteiger partial charge in [0.2, 0.25) is 5.95 Å². The molecule has 1 atom stereocenters. The quantitative estimate of drug-likeness (QED) is 0.169. The molecule has 4 rings (SSSR count). The smallest absolute Gasteiger partial charge is 0.229 e. The summed E-state index contributed by atoms with van der Waals surface area (Å²) < 4.78 is 24.6. The minimum atomic E-state index is -2.18. The lowest BCUT2D eigenvalue weighted by molar-refractivity contribution is 0.340. The highest BCUT2D eigenvalue weighted by Gasteiger charge is 2.11. The van der Waals surface area contributed by atoms with E-state index in [1.54, 1.807) is 24.4 Å². The van der Waals surface area contributed by atoms with E-state index in [1.807, 2.05) is 61.5 Å². The Morgan fingerprint density at radius 1 is 1.06 bits per heavy atom. The highest BCUT2D eigenvalue weighted by Crippen LogP contribution is 2.29. The molecule has 0 saturated carbocycles. The van der Waals surface area contributed by atoms with Gasteiger partial charge in [-0.2, -0.15) is 4.98 Å². The van der Waals surface area contributed by atoms with Gasteiger partial charge in [-0.1, -0.05) is 30.3 Å². The molecule has 0 fully saturated rings. The molecule has 0 bridgehead atoms. The Bertz CT molecular complexity index is 1350. The van der Waals surface area contributed by atoms with Gasteiger partial charge >= 0.3 is 0 Å². The third kappa shape index (κ3) is 5.81. The van der Waals surface area contributed by atoms with Gasteiger partial charge in [-0.3, -0.25) is 4.78 Å². The molecular weight excluding hydrogens is 448 g/mol. The summed E-state index contributed by atoms with van der Waals surface area (Å²) >= 11 is 0. The number of ether oxygens (including phenoxy) is 1. The first-order chi connectivity index (χ1) is 16.5. The molecule has 8 nitrogen and oxygen atoms in total. The molecule has 0 radical (unpaired) electrons. The van der Waals surface area contributed by atoms with Crippen molar-refractivity contribution in [2.24, 2.45) is 0 Å². The van der Waals surface area contributed by atoms with Crippen LogP contribution in [0, 0.1) is 4.78 Å². The van der Waals surface area contributed by atoms with Gasteiger partial charge in [0.1, 0.15) is 11.6 Å². The molecule has 9 heteroatoms. The van der Waals surface area contributed by atoms with Crippen molar-refractivity contribution < 1.29 is 8.95 Å². The maximum Gasteiger partial charge on any atom is 0.229 e. The van der Waals surface area contributed by atoms with Crippen molar-refractivity contribution in [1.82, 2.24) is 9.97 Å². The Morgan fingerprint density at radius 2 is 1.85 bits per heavy atom. The number of rotatable bonds is 9. The highest BCUT2D eigenvalue weighted by atomic mass is 32.2. The summed E-state index contributed by atoms with van der Waals surface area (Å²) in [5.74, 6) is 1.82. The van der Waals surface area contributed by atoms with E-state index >= 15 is 0 Å². The maximum absolute atomic E-state index is 11.5. The third-order valence-corrected chi connectivity index (χ3v) is 5.76. The van der Waals surface area contributed by atoms with Gasteiger partial charge in [-0.25, -0.2) is 9.19 Å². The van der Waals surface area contributed by atoms with Crippen molar-refractivity contribution in [2.45, 2.75) is 18.4 Å². The number of hydrogen-bond donors (Lipinski definition) is 5. The van der Waals surface area contributed by atoms with Crippen LogP contribution in [0.3, 0.4) is 0 Å². The van der Waals surface area contributed by atoms with Crippen molar-refractivity contribution in [3.63, 3.8) is 0 Å². The van der Waals surface area contributed by atoms with Crippen LogP contribution >= 0.6 is 0 Å². The molecule has 0 saturated heterocycles. The second kappa shape index (κ2) is 10.7. The number of anilines is 4. The monoisotopic (exact) mass is 474 g/mol. The Morgan fingerprint density at radius 3 is 2.59 bits per heavy atom. The van der Waals surface area contributed by atoms with Crippen LogP contribution in [0.1, 0.15) is 12.5 Å². The maximum atomic E-state index is 11.5. The fourth-order valence-corrected chi connectivity index (χ4v) is 3.89. The van der Waals surface area contributed by atoms with E-state index in [1.165, 1.54) is 0 Å². The number of benzene rings is 3. The molecule has 0 amide bonds. The minimum Gasteiger partial charge on any atom is -0.494 e. The molecule has 0 aliphatic carbocycles. The van der Waals surface area contributed by atoms with E-state index < -0.39 is 10.6 Å². The summed E-state index contributed by atoms with van der Waals surface area (Å²) in [4.78, 5) is 9.62. The molecule has 5 N–H and O–H groups in total. The molecule has 1 unspecified atom stereocenters. The second-order valence-corrected chi connectivity index (χ2v) is 8.59. The number of thiol groups is 1. The Balaban J connectivity index is 1.65. The summed E-state index contributed by atoms with van der Waals surface area (Å²) in [6, 6.07) is 22.3. The number of hydrogen-bond acceptors (Lipinski definition) is 8. The van der Waals surface area contributed by atoms with Crippen molar-refractivity contribution in [3.8, 4) is 16.9 Å². The topological polar surface area (TPSA) is 126 Å². The fourth-order valence-electron chi connectivity index (χ4n) is 3.41. The molecule has 34 heavy (non-hydrogen) atoms. The van der Waals surface area contributed by atoms with Crippen molar-refractivity contribution >= 4 is 33.7 Å². The highest BCUT2D eigenvalue weighted by molar-refractivity contribution is 7.73. The molecule has 1 heterocycles. The first-order valence-electron chi connectivity index (χ1n) is 10.8. The van der Waals surface area contributed by atoms with E-state index in [4.69, 9.17) is 20.2 Å². The van der Waals surface area contributed by atoms with E-state index in [0.717, 1.165) is 22.4 Å². The zero-order valence-corrected chi connectivity index (χ0v) is 19.5. The Kier molecular flexibility index (Phi) is 7.24. The lowest BCUT2D eigenvalue weighted by Crippen LogP contribution is -2.07. The largest absolute Gasteiger partial charge is 0.494 e. The molecular formula is C25H26N6O2S. The number of nitrogens with two attached hydrogens (primary N) is 1. The first kappa shape index (κ1) is 23.1. The van der Waals surface area contributed by atoms with Crippen LogP contribution in [0.4, 0.5) is 23.1 Å². The summed E-state index contributed by atoms with van der Waals surface area (Å²) in [6.07, 6.45) is 1.75. The average Bonchev–Trinajstić information content (AvgIpc) is 2.84. The Labute approximate surface area is 200 Å². The molecule has 174 valence electrons. The van der Waals surface area contributed by atoms with Gasteiger partial charge in [0, 0.05) is 34.6 Å². The lowest BCUT2D eigenvalue weighted by atomic mass is 10.1. The predicted octanol–water partition coefficient (Wildman–Crippen LogP) is 5.08. The molecule has 0 spiro atoms. The standard InChI is InChI=1S/C25H26N6O2S/c1-2-33-21-11-9-18(10-12-21)23-16-29-25(30-20-7-4-8-22(14-20)34(27)32)31-24(23)28-15-17-5-3-6-19(26)13-17/h3-14,16,27,34H,2,15,26H2,1H3,(H2,28,29,30,31). The van der Waals surface area contributed by atoms with Crippen LogP contribution in [0.15, 0.2) is 83.9 Å². The van der Waals surface area contributed by atoms with E-state index in [-0.39, 0.29) is 0 Å². The summed E-state index contributed by atoms with van der Waals surface area (Å²) in [7, 11) is -2.18. The second-order valence-electron chi connectivity index (χ2n) is 7.48. The normalized spacial score (nSPS) is 11.6. The molecule has 1 aromatic heterocycles. The van der Waals surface area contributed by atoms with Crippen LogP contribution in [-0.2, 0) is 17.1 Å². The van der Waals surface area contributed by atoms with Gasteiger partial charge in [-0.15, -0.1) is 0 Å². The zero-order chi connectivity index (χ0) is 23.9. The fraction of sp³-hybridized carbons (Fsp3) is 0.120. The van der Waals surface area contributed by atoms with Gasteiger partial charge in [0.15, 0.2) is 0 Å².